The lowest BCUT2D eigenvalue weighted by molar-refractivity contribution is -0.153. The lowest BCUT2D eigenvalue weighted by Crippen LogP contribution is -2.53. The van der Waals surface area contributed by atoms with Crippen molar-refractivity contribution in [2.45, 2.75) is 44.7 Å². The van der Waals surface area contributed by atoms with Gasteiger partial charge in [-0.25, -0.2) is 9.59 Å². The number of carbonyl (C=O) groups excluding carboxylic acids is 3. The van der Waals surface area contributed by atoms with Crippen molar-refractivity contribution in [2.24, 2.45) is 5.92 Å². The van der Waals surface area contributed by atoms with Crippen LogP contribution in [0, 0.1) is 5.92 Å². The molecular weight excluding hydrogens is 516 g/mol. The Bertz CT molecular complexity index is 1320. The second-order valence-electron chi connectivity index (χ2n) is 10.7. The Labute approximate surface area is 242 Å². The molecule has 41 heavy (non-hydrogen) atoms. The summed E-state index contributed by atoms with van der Waals surface area (Å²) in [6, 6.07) is 23.9. The normalized spacial score (nSPS) is 13.5. The van der Waals surface area contributed by atoms with Crippen molar-refractivity contribution >= 4 is 18.0 Å². The number of nitrogens with zero attached hydrogens (tertiary/aromatic N) is 1. The number of likely N-dealkylation sites (N-methyl/N-ethyl adjacent to an activating group) is 1. The van der Waals surface area contributed by atoms with Gasteiger partial charge in [0.2, 0.25) is 5.91 Å². The molecule has 7 heteroatoms. The fourth-order valence-electron chi connectivity index (χ4n) is 5.33. The minimum Gasteiger partial charge on any atom is -0.460 e. The monoisotopic (exact) mass is 554 g/mol. The Kier molecular flexibility index (Phi) is 9.95. The third kappa shape index (κ3) is 7.23. The molecule has 0 fully saturated rings. The van der Waals surface area contributed by atoms with Gasteiger partial charge in [-0.05, 0) is 40.2 Å². The largest absolute Gasteiger partial charge is 0.460 e. The number of alkyl carbamates (subject to hydrolysis) is 1. The predicted octanol–water partition coefficient (Wildman–Crippen LogP) is 5.74. The van der Waals surface area contributed by atoms with E-state index in [0.717, 1.165) is 27.8 Å². The van der Waals surface area contributed by atoms with Gasteiger partial charge in [0, 0.05) is 19.4 Å². The molecule has 0 saturated carbocycles. The van der Waals surface area contributed by atoms with Crippen LogP contribution in [0.4, 0.5) is 4.79 Å². The van der Waals surface area contributed by atoms with Crippen LogP contribution < -0.4 is 5.32 Å². The first-order chi connectivity index (χ1) is 19.8. The summed E-state index contributed by atoms with van der Waals surface area (Å²) in [7, 11) is 1.57. The second-order valence-corrected chi connectivity index (χ2v) is 10.7. The Morgan fingerprint density at radius 2 is 1.49 bits per heavy atom. The minimum absolute atomic E-state index is 0.0412. The molecule has 4 rings (SSSR count). The summed E-state index contributed by atoms with van der Waals surface area (Å²) in [6.07, 6.45) is 1.47. The molecular formula is C34H38N2O5. The molecule has 0 aliphatic heterocycles. The minimum atomic E-state index is -0.874. The molecule has 0 bridgehead atoms. The van der Waals surface area contributed by atoms with Gasteiger partial charge in [-0.2, -0.15) is 0 Å². The molecule has 0 saturated heterocycles. The third-order valence-electron chi connectivity index (χ3n) is 7.34. The van der Waals surface area contributed by atoms with E-state index in [2.05, 4.69) is 36.2 Å². The number of nitrogens with one attached hydrogen (secondary N) is 1. The third-order valence-corrected chi connectivity index (χ3v) is 7.34. The summed E-state index contributed by atoms with van der Waals surface area (Å²) in [5.41, 5.74) is 5.38. The predicted molar refractivity (Wildman–Crippen MR) is 159 cm³/mol. The summed E-state index contributed by atoms with van der Waals surface area (Å²) in [5, 5.41) is 2.78. The first-order valence-corrected chi connectivity index (χ1v) is 14.0. The standard InChI is InChI=1S/C34H38N2O5/c1-5-19-40-33(38)31(21-24-13-7-6-8-14-24)36(4)32(37)30(20-23(2)3)35-34(39)41-22-29-27-17-11-9-15-25(27)26-16-10-12-18-28(26)29/h5-18,23,29-31H,1,19-22H2,2-4H3,(H,35,39)/t30-,31+/m1/s1. The zero-order valence-electron chi connectivity index (χ0n) is 23.9. The van der Waals surface area contributed by atoms with Crippen LogP contribution in [0.2, 0.25) is 0 Å². The van der Waals surface area contributed by atoms with Crippen LogP contribution in [-0.4, -0.2) is 55.2 Å². The van der Waals surface area contributed by atoms with Gasteiger partial charge in [0.05, 0.1) is 0 Å². The van der Waals surface area contributed by atoms with Gasteiger partial charge in [-0.1, -0.05) is 105 Å². The average molecular weight is 555 g/mol. The topological polar surface area (TPSA) is 84.9 Å². The Morgan fingerprint density at radius 1 is 0.902 bits per heavy atom. The number of ether oxygens (including phenoxy) is 2. The van der Waals surface area contributed by atoms with Crippen LogP contribution in [-0.2, 0) is 25.5 Å². The van der Waals surface area contributed by atoms with E-state index in [1.807, 2.05) is 68.4 Å². The molecule has 2 atom stereocenters. The smallest absolute Gasteiger partial charge is 0.407 e. The SMILES string of the molecule is C=CCOC(=O)[C@H](Cc1ccccc1)N(C)C(=O)[C@@H](CC(C)C)NC(=O)OCC1c2ccccc2-c2ccccc21. The molecule has 214 valence electrons. The Morgan fingerprint density at radius 3 is 2.07 bits per heavy atom. The highest BCUT2D eigenvalue weighted by Gasteiger charge is 2.34. The summed E-state index contributed by atoms with van der Waals surface area (Å²) in [4.78, 5) is 41.2. The van der Waals surface area contributed by atoms with Crippen LogP contribution in [0.1, 0.15) is 42.9 Å². The van der Waals surface area contributed by atoms with E-state index < -0.39 is 24.1 Å². The Balaban J connectivity index is 1.47. The number of hydrogen-bond donors (Lipinski definition) is 1. The van der Waals surface area contributed by atoms with Gasteiger partial charge in [0.25, 0.3) is 0 Å². The summed E-state index contributed by atoms with van der Waals surface area (Å²) in [6.45, 7) is 7.73. The van der Waals surface area contributed by atoms with Crippen molar-refractivity contribution in [3.8, 4) is 11.1 Å². The van der Waals surface area contributed by atoms with Gasteiger partial charge in [0.15, 0.2) is 0 Å². The van der Waals surface area contributed by atoms with Crippen LogP contribution in [0.3, 0.4) is 0 Å². The van der Waals surface area contributed by atoms with Crippen molar-refractivity contribution in [3.63, 3.8) is 0 Å². The maximum Gasteiger partial charge on any atom is 0.407 e. The molecule has 3 aromatic carbocycles. The molecule has 2 amide bonds. The molecule has 3 aromatic rings. The molecule has 0 unspecified atom stereocenters. The maximum absolute atomic E-state index is 13.7. The van der Waals surface area contributed by atoms with E-state index in [-0.39, 0.29) is 37.4 Å². The number of benzene rings is 3. The molecule has 7 nitrogen and oxygen atoms in total. The van der Waals surface area contributed by atoms with E-state index in [9.17, 15) is 14.4 Å². The first kappa shape index (κ1) is 29.6. The average Bonchev–Trinajstić information content (AvgIpc) is 3.30. The fourth-order valence-corrected chi connectivity index (χ4v) is 5.33. The van der Waals surface area contributed by atoms with Gasteiger partial charge >= 0.3 is 12.1 Å². The summed E-state index contributed by atoms with van der Waals surface area (Å²) in [5.74, 6) is -0.908. The van der Waals surface area contributed by atoms with Crippen molar-refractivity contribution in [1.29, 1.82) is 0 Å². The molecule has 0 aromatic heterocycles. The number of esters is 1. The molecule has 1 aliphatic rings. The van der Waals surface area contributed by atoms with Crippen LogP contribution >= 0.6 is 0 Å². The van der Waals surface area contributed by atoms with E-state index >= 15 is 0 Å². The summed E-state index contributed by atoms with van der Waals surface area (Å²) >= 11 is 0. The number of fused-ring (bicyclic) bond motifs is 3. The van der Waals surface area contributed by atoms with Crippen molar-refractivity contribution in [3.05, 3.63) is 108 Å². The number of hydrogen-bond acceptors (Lipinski definition) is 5. The van der Waals surface area contributed by atoms with Crippen LogP contribution in [0.15, 0.2) is 91.5 Å². The summed E-state index contributed by atoms with van der Waals surface area (Å²) < 4.78 is 11.0. The zero-order chi connectivity index (χ0) is 29.4. The van der Waals surface area contributed by atoms with Crippen LogP contribution in [0.25, 0.3) is 11.1 Å². The van der Waals surface area contributed by atoms with E-state index in [1.54, 1.807) is 7.05 Å². The Hall–Kier alpha value is -4.39. The van der Waals surface area contributed by atoms with Crippen molar-refractivity contribution in [1.82, 2.24) is 10.2 Å². The number of carbonyl (C=O) groups is 3. The molecule has 0 spiro atoms. The fraction of sp³-hybridized carbons (Fsp3) is 0.324. The lowest BCUT2D eigenvalue weighted by atomic mass is 9.98. The quantitative estimate of drug-likeness (QED) is 0.228. The zero-order valence-corrected chi connectivity index (χ0v) is 23.9. The highest BCUT2D eigenvalue weighted by atomic mass is 16.5. The van der Waals surface area contributed by atoms with E-state index in [4.69, 9.17) is 9.47 Å². The van der Waals surface area contributed by atoms with E-state index in [1.165, 1.54) is 11.0 Å². The molecule has 1 aliphatic carbocycles. The van der Waals surface area contributed by atoms with E-state index in [0.29, 0.717) is 6.42 Å². The van der Waals surface area contributed by atoms with Gasteiger partial charge in [-0.15, -0.1) is 0 Å². The van der Waals surface area contributed by atoms with Gasteiger partial charge < -0.3 is 19.7 Å². The highest BCUT2D eigenvalue weighted by molar-refractivity contribution is 5.90. The lowest BCUT2D eigenvalue weighted by Gasteiger charge is -2.31. The van der Waals surface area contributed by atoms with Gasteiger partial charge in [0.1, 0.15) is 25.3 Å². The molecule has 0 heterocycles. The van der Waals surface area contributed by atoms with Crippen molar-refractivity contribution < 1.29 is 23.9 Å². The number of rotatable bonds is 12. The molecule has 1 N–H and O–H groups in total. The highest BCUT2D eigenvalue weighted by Crippen LogP contribution is 2.44. The van der Waals surface area contributed by atoms with Gasteiger partial charge in [-0.3, -0.25) is 4.79 Å². The molecule has 0 radical (unpaired) electrons. The van der Waals surface area contributed by atoms with Crippen LogP contribution in [0.5, 0.6) is 0 Å². The number of amides is 2. The van der Waals surface area contributed by atoms with Crippen molar-refractivity contribution in [2.75, 3.05) is 20.3 Å². The first-order valence-electron chi connectivity index (χ1n) is 14.0. The maximum atomic E-state index is 13.7. The second kappa shape index (κ2) is 13.8.